The average Bonchev–Trinajstić information content (AvgIpc) is 3.48. The monoisotopic (exact) mass is 442 g/mol. The zero-order valence-corrected chi connectivity index (χ0v) is 19.3. The van der Waals surface area contributed by atoms with Gasteiger partial charge in [-0.05, 0) is 36.3 Å². The molecule has 2 heterocycles. The van der Waals surface area contributed by atoms with Crippen LogP contribution in [0, 0.1) is 0 Å². The van der Waals surface area contributed by atoms with E-state index in [-0.39, 0.29) is 24.5 Å². The lowest BCUT2D eigenvalue weighted by atomic mass is 10.1. The van der Waals surface area contributed by atoms with E-state index in [0.29, 0.717) is 26.1 Å². The lowest BCUT2D eigenvalue weighted by Crippen LogP contribution is -2.45. The van der Waals surface area contributed by atoms with Gasteiger partial charge >= 0.3 is 0 Å². The van der Waals surface area contributed by atoms with Gasteiger partial charge in [0.05, 0.1) is 19.2 Å². The molecule has 0 bridgehead atoms. The van der Waals surface area contributed by atoms with Crippen LogP contribution in [0.5, 0.6) is 0 Å². The standard InChI is InChI=1S/C25H34N2O3S/c1-2-3-5-14-24(28)27(18-22-12-8-15-30-22)20-25(29)26(19-23-13-9-16-31-23)17-21-10-6-4-7-11-21/h4,6-7,9-11,13,16,22H,2-3,5,8,12,14-15,17-20H2,1H3. The van der Waals surface area contributed by atoms with E-state index in [1.54, 1.807) is 16.2 Å². The molecule has 31 heavy (non-hydrogen) atoms. The maximum absolute atomic E-state index is 13.4. The third-order valence-electron chi connectivity index (χ3n) is 5.62. The minimum Gasteiger partial charge on any atom is -0.376 e. The summed E-state index contributed by atoms with van der Waals surface area (Å²) < 4.78 is 5.77. The van der Waals surface area contributed by atoms with Crippen molar-refractivity contribution in [2.24, 2.45) is 0 Å². The molecular weight excluding hydrogens is 408 g/mol. The van der Waals surface area contributed by atoms with Gasteiger partial charge in [0.2, 0.25) is 11.8 Å². The van der Waals surface area contributed by atoms with Crippen LogP contribution >= 0.6 is 11.3 Å². The van der Waals surface area contributed by atoms with Crippen LogP contribution in [0.4, 0.5) is 0 Å². The van der Waals surface area contributed by atoms with E-state index in [2.05, 4.69) is 13.0 Å². The smallest absolute Gasteiger partial charge is 0.242 e. The molecule has 3 rings (SSSR count). The Hall–Kier alpha value is -2.18. The Kier molecular flexibility index (Phi) is 9.56. The lowest BCUT2D eigenvalue weighted by molar-refractivity contribution is -0.142. The Bertz CT molecular complexity index is 788. The topological polar surface area (TPSA) is 49.9 Å². The first kappa shape index (κ1) is 23.5. The highest BCUT2D eigenvalue weighted by molar-refractivity contribution is 7.09. The van der Waals surface area contributed by atoms with Gasteiger partial charge in [-0.2, -0.15) is 0 Å². The number of carbonyl (C=O) groups is 2. The second-order valence-electron chi connectivity index (χ2n) is 8.18. The summed E-state index contributed by atoms with van der Waals surface area (Å²) >= 11 is 1.65. The van der Waals surface area contributed by atoms with Crippen molar-refractivity contribution < 1.29 is 14.3 Å². The predicted octanol–water partition coefficient (Wildman–Crippen LogP) is 4.86. The Morgan fingerprint density at radius 3 is 2.55 bits per heavy atom. The van der Waals surface area contributed by atoms with Crippen molar-refractivity contribution in [3.63, 3.8) is 0 Å². The van der Waals surface area contributed by atoms with E-state index in [0.717, 1.165) is 49.2 Å². The molecule has 2 amide bonds. The van der Waals surface area contributed by atoms with Crippen LogP contribution in [-0.4, -0.2) is 47.4 Å². The molecule has 0 saturated carbocycles. The fourth-order valence-electron chi connectivity index (χ4n) is 3.86. The third kappa shape index (κ3) is 7.78. The zero-order chi connectivity index (χ0) is 21.9. The quantitative estimate of drug-likeness (QED) is 0.441. The van der Waals surface area contributed by atoms with Gasteiger partial charge in [-0.15, -0.1) is 11.3 Å². The van der Waals surface area contributed by atoms with Crippen molar-refractivity contribution in [3.05, 3.63) is 58.3 Å². The van der Waals surface area contributed by atoms with E-state index < -0.39 is 0 Å². The first-order valence-corrected chi connectivity index (χ1v) is 12.3. The van der Waals surface area contributed by atoms with Crippen molar-refractivity contribution in [1.29, 1.82) is 0 Å². The van der Waals surface area contributed by atoms with E-state index in [1.165, 1.54) is 0 Å². The first-order valence-electron chi connectivity index (χ1n) is 11.4. The second kappa shape index (κ2) is 12.6. The molecule has 1 saturated heterocycles. The maximum Gasteiger partial charge on any atom is 0.242 e. The van der Waals surface area contributed by atoms with Crippen LogP contribution in [-0.2, 0) is 27.4 Å². The number of ether oxygens (including phenoxy) is 1. The summed E-state index contributed by atoms with van der Waals surface area (Å²) in [6.07, 6.45) is 5.49. The van der Waals surface area contributed by atoms with Gasteiger partial charge in [0.25, 0.3) is 0 Å². The van der Waals surface area contributed by atoms with E-state index in [9.17, 15) is 9.59 Å². The van der Waals surface area contributed by atoms with E-state index in [4.69, 9.17) is 4.74 Å². The summed E-state index contributed by atoms with van der Waals surface area (Å²) in [5.74, 6) is 0.0483. The van der Waals surface area contributed by atoms with Crippen molar-refractivity contribution in [2.75, 3.05) is 19.7 Å². The lowest BCUT2D eigenvalue weighted by Gasteiger charge is -2.29. The van der Waals surface area contributed by atoms with Gasteiger partial charge in [0.15, 0.2) is 0 Å². The normalized spacial score (nSPS) is 15.7. The molecule has 0 N–H and O–H groups in total. The second-order valence-corrected chi connectivity index (χ2v) is 9.21. The van der Waals surface area contributed by atoms with Gasteiger partial charge in [-0.25, -0.2) is 0 Å². The minimum absolute atomic E-state index is 0.0147. The summed E-state index contributed by atoms with van der Waals surface area (Å²) in [6.45, 7) is 4.59. The highest BCUT2D eigenvalue weighted by atomic mass is 32.1. The summed E-state index contributed by atoms with van der Waals surface area (Å²) in [5, 5.41) is 2.03. The molecule has 1 aromatic heterocycles. The predicted molar refractivity (Wildman–Crippen MR) is 125 cm³/mol. The molecule has 6 heteroatoms. The number of benzene rings is 1. The van der Waals surface area contributed by atoms with Gasteiger partial charge in [0, 0.05) is 31.0 Å². The minimum atomic E-state index is -0.0147. The summed E-state index contributed by atoms with van der Waals surface area (Å²) in [5.41, 5.74) is 1.09. The summed E-state index contributed by atoms with van der Waals surface area (Å²) in [6, 6.07) is 14.1. The Morgan fingerprint density at radius 2 is 1.87 bits per heavy atom. The maximum atomic E-state index is 13.4. The molecule has 0 aliphatic carbocycles. The fourth-order valence-corrected chi connectivity index (χ4v) is 4.58. The SMILES string of the molecule is CCCCCC(=O)N(CC(=O)N(Cc1ccccc1)Cc1cccs1)CC1CCCO1. The highest BCUT2D eigenvalue weighted by Crippen LogP contribution is 2.18. The van der Waals surface area contributed by atoms with Crippen LogP contribution in [0.1, 0.15) is 55.9 Å². The van der Waals surface area contributed by atoms with Gasteiger partial charge in [0.1, 0.15) is 0 Å². The van der Waals surface area contributed by atoms with Crippen LogP contribution < -0.4 is 0 Å². The van der Waals surface area contributed by atoms with E-state index >= 15 is 0 Å². The molecule has 1 aliphatic rings. The van der Waals surface area contributed by atoms with E-state index in [1.807, 2.05) is 46.7 Å². The molecule has 1 atom stereocenters. The van der Waals surface area contributed by atoms with Crippen molar-refractivity contribution in [2.45, 2.75) is 64.6 Å². The van der Waals surface area contributed by atoms with Gasteiger partial charge in [-0.1, -0.05) is 56.2 Å². The van der Waals surface area contributed by atoms with Crippen molar-refractivity contribution in [1.82, 2.24) is 9.80 Å². The largest absolute Gasteiger partial charge is 0.376 e. The molecule has 1 fully saturated rings. The summed E-state index contributed by atoms with van der Waals surface area (Å²) in [7, 11) is 0. The number of unbranched alkanes of at least 4 members (excludes halogenated alkanes) is 2. The number of hydrogen-bond acceptors (Lipinski definition) is 4. The van der Waals surface area contributed by atoms with Crippen molar-refractivity contribution >= 4 is 23.2 Å². The zero-order valence-electron chi connectivity index (χ0n) is 18.5. The Balaban J connectivity index is 1.69. The molecule has 2 aromatic rings. The molecule has 1 aromatic carbocycles. The molecular formula is C25H34N2O3S. The number of thiophene rings is 1. The van der Waals surface area contributed by atoms with Crippen LogP contribution in [0.3, 0.4) is 0 Å². The third-order valence-corrected chi connectivity index (χ3v) is 6.48. The molecule has 1 unspecified atom stereocenters. The Labute approximate surface area is 190 Å². The van der Waals surface area contributed by atoms with Crippen LogP contribution in [0.2, 0.25) is 0 Å². The Morgan fingerprint density at radius 1 is 1.03 bits per heavy atom. The van der Waals surface area contributed by atoms with Crippen LogP contribution in [0.25, 0.3) is 0 Å². The molecule has 5 nitrogen and oxygen atoms in total. The summed E-state index contributed by atoms with van der Waals surface area (Å²) in [4.78, 5) is 31.1. The number of nitrogens with zero attached hydrogens (tertiary/aromatic N) is 2. The van der Waals surface area contributed by atoms with Crippen molar-refractivity contribution in [3.8, 4) is 0 Å². The molecule has 1 aliphatic heterocycles. The molecule has 0 spiro atoms. The molecule has 0 radical (unpaired) electrons. The number of hydrogen-bond donors (Lipinski definition) is 0. The highest BCUT2D eigenvalue weighted by Gasteiger charge is 2.26. The number of rotatable bonds is 12. The van der Waals surface area contributed by atoms with Gasteiger partial charge < -0.3 is 14.5 Å². The van der Waals surface area contributed by atoms with Crippen LogP contribution in [0.15, 0.2) is 47.8 Å². The average molecular weight is 443 g/mol. The number of amides is 2. The van der Waals surface area contributed by atoms with Gasteiger partial charge in [-0.3, -0.25) is 9.59 Å². The number of carbonyl (C=O) groups excluding carboxylic acids is 2. The first-order chi connectivity index (χ1) is 15.2. The molecule has 168 valence electrons. The fraction of sp³-hybridized carbons (Fsp3) is 0.520.